The van der Waals surface area contributed by atoms with E-state index < -0.39 is 0 Å². The Labute approximate surface area is 101 Å². The summed E-state index contributed by atoms with van der Waals surface area (Å²) >= 11 is 1.74. The fourth-order valence-electron chi connectivity index (χ4n) is 2.27. The first kappa shape index (κ1) is 12.0. The zero-order valence-corrected chi connectivity index (χ0v) is 10.8. The maximum atomic E-state index is 5.47. The molecule has 16 heavy (non-hydrogen) atoms. The van der Waals surface area contributed by atoms with Gasteiger partial charge in [-0.2, -0.15) is 0 Å². The molecular formula is C12H20N2OS. The first-order chi connectivity index (χ1) is 7.79. The van der Waals surface area contributed by atoms with Gasteiger partial charge in [-0.3, -0.25) is 0 Å². The summed E-state index contributed by atoms with van der Waals surface area (Å²) in [6.07, 6.45) is 2.22. The van der Waals surface area contributed by atoms with Crippen molar-refractivity contribution in [1.29, 1.82) is 0 Å². The van der Waals surface area contributed by atoms with Crippen molar-refractivity contribution in [2.75, 3.05) is 19.8 Å². The summed E-state index contributed by atoms with van der Waals surface area (Å²) in [5, 5.41) is 6.90. The van der Waals surface area contributed by atoms with E-state index in [0.717, 1.165) is 31.2 Å². The van der Waals surface area contributed by atoms with Crippen LogP contribution in [-0.2, 0) is 11.2 Å². The maximum absolute atomic E-state index is 5.47. The van der Waals surface area contributed by atoms with Gasteiger partial charge in [0.1, 0.15) is 0 Å². The van der Waals surface area contributed by atoms with Crippen molar-refractivity contribution in [1.82, 2.24) is 10.3 Å². The molecule has 1 aliphatic rings. The van der Waals surface area contributed by atoms with Gasteiger partial charge in [-0.25, -0.2) is 4.98 Å². The summed E-state index contributed by atoms with van der Waals surface area (Å²) in [4.78, 5) is 4.54. The Bertz CT molecular complexity index is 321. The smallest absolute Gasteiger partial charge is 0.0897 e. The molecule has 0 bridgehead atoms. The van der Waals surface area contributed by atoms with Gasteiger partial charge < -0.3 is 10.1 Å². The van der Waals surface area contributed by atoms with E-state index in [4.69, 9.17) is 4.74 Å². The molecule has 3 nitrogen and oxygen atoms in total. The lowest BCUT2D eigenvalue weighted by molar-refractivity contribution is 0.176. The molecule has 1 saturated heterocycles. The standard InChI is InChI=1S/C12H20N2OS/c1-3-13-12(10-4-5-15-7-10)6-11-8-16-9(2)14-11/h8,10,12-13H,3-7H2,1-2H3. The molecule has 0 aromatic carbocycles. The highest BCUT2D eigenvalue weighted by Gasteiger charge is 2.25. The van der Waals surface area contributed by atoms with Crippen molar-refractivity contribution in [2.24, 2.45) is 5.92 Å². The van der Waals surface area contributed by atoms with Crippen LogP contribution in [0.2, 0.25) is 0 Å². The number of nitrogens with one attached hydrogen (secondary N) is 1. The lowest BCUT2D eigenvalue weighted by atomic mass is 9.95. The van der Waals surface area contributed by atoms with Crippen molar-refractivity contribution < 1.29 is 4.74 Å². The van der Waals surface area contributed by atoms with Gasteiger partial charge in [-0.1, -0.05) is 6.92 Å². The van der Waals surface area contributed by atoms with Crippen LogP contribution >= 0.6 is 11.3 Å². The quantitative estimate of drug-likeness (QED) is 0.855. The Balaban J connectivity index is 1.96. The average Bonchev–Trinajstić information content (AvgIpc) is 2.88. The molecule has 1 aromatic rings. The third kappa shape index (κ3) is 3.03. The topological polar surface area (TPSA) is 34.2 Å². The van der Waals surface area contributed by atoms with Crippen LogP contribution in [0, 0.1) is 12.8 Å². The minimum atomic E-state index is 0.522. The Morgan fingerprint density at radius 3 is 3.12 bits per heavy atom. The van der Waals surface area contributed by atoms with Crippen LogP contribution in [0.1, 0.15) is 24.0 Å². The van der Waals surface area contributed by atoms with Gasteiger partial charge >= 0.3 is 0 Å². The van der Waals surface area contributed by atoms with Crippen molar-refractivity contribution in [3.05, 3.63) is 16.1 Å². The second kappa shape index (κ2) is 5.75. The molecule has 0 saturated carbocycles. The van der Waals surface area contributed by atoms with Gasteiger partial charge in [0.05, 0.1) is 17.3 Å². The SMILES string of the molecule is CCNC(Cc1csc(C)n1)C1CCOC1. The van der Waals surface area contributed by atoms with Crippen LogP contribution in [0.5, 0.6) is 0 Å². The average molecular weight is 240 g/mol. The van der Waals surface area contributed by atoms with Crippen molar-refractivity contribution >= 4 is 11.3 Å². The third-order valence-electron chi connectivity index (χ3n) is 3.10. The highest BCUT2D eigenvalue weighted by Crippen LogP contribution is 2.20. The summed E-state index contributed by atoms with van der Waals surface area (Å²) in [6.45, 7) is 7.07. The highest BCUT2D eigenvalue weighted by atomic mass is 32.1. The molecule has 2 heterocycles. The number of hydrogen-bond donors (Lipinski definition) is 1. The van der Waals surface area contributed by atoms with Crippen LogP contribution in [-0.4, -0.2) is 30.8 Å². The molecule has 4 heteroatoms. The van der Waals surface area contributed by atoms with E-state index in [9.17, 15) is 0 Å². The van der Waals surface area contributed by atoms with Crippen molar-refractivity contribution in [3.63, 3.8) is 0 Å². The first-order valence-electron chi connectivity index (χ1n) is 6.01. The number of rotatable bonds is 5. The van der Waals surface area contributed by atoms with E-state index in [-0.39, 0.29) is 0 Å². The molecule has 1 aliphatic heterocycles. The molecule has 0 spiro atoms. The fourth-order valence-corrected chi connectivity index (χ4v) is 2.89. The van der Waals surface area contributed by atoms with Crippen LogP contribution in [0.4, 0.5) is 0 Å². The Morgan fingerprint density at radius 2 is 2.56 bits per heavy atom. The van der Waals surface area contributed by atoms with E-state index in [1.807, 2.05) is 0 Å². The highest BCUT2D eigenvalue weighted by molar-refractivity contribution is 7.09. The molecule has 1 aromatic heterocycles. The lowest BCUT2D eigenvalue weighted by Crippen LogP contribution is -2.38. The normalized spacial score (nSPS) is 22.5. The maximum Gasteiger partial charge on any atom is 0.0897 e. The number of nitrogens with zero attached hydrogens (tertiary/aromatic N) is 1. The second-order valence-electron chi connectivity index (χ2n) is 4.35. The predicted octanol–water partition coefficient (Wildman–Crippen LogP) is 2.01. The van der Waals surface area contributed by atoms with Crippen molar-refractivity contribution in [3.8, 4) is 0 Å². The van der Waals surface area contributed by atoms with E-state index in [0.29, 0.717) is 12.0 Å². The second-order valence-corrected chi connectivity index (χ2v) is 5.41. The van der Waals surface area contributed by atoms with Gasteiger partial charge in [-0.15, -0.1) is 11.3 Å². The van der Waals surface area contributed by atoms with Gasteiger partial charge in [0.2, 0.25) is 0 Å². The van der Waals surface area contributed by atoms with Crippen molar-refractivity contribution in [2.45, 2.75) is 32.7 Å². The molecular weight excluding hydrogens is 220 g/mol. The number of ether oxygens (including phenoxy) is 1. The minimum Gasteiger partial charge on any atom is -0.381 e. The molecule has 2 unspecified atom stereocenters. The van der Waals surface area contributed by atoms with Crippen LogP contribution in [0.3, 0.4) is 0 Å². The third-order valence-corrected chi connectivity index (χ3v) is 3.92. The minimum absolute atomic E-state index is 0.522. The van der Waals surface area contributed by atoms with Gasteiger partial charge in [0.15, 0.2) is 0 Å². The fraction of sp³-hybridized carbons (Fsp3) is 0.750. The molecule has 1 N–H and O–H groups in total. The predicted molar refractivity (Wildman–Crippen MR) is 66.9 cm³/mol. The summed E-state index contributed by atoms with van der Waals surface area (Å²) in [6, 6.07) is 0.522. The molecule has 2 rings (SSSR count). The Kier molecular flexibility index (Phi) is 4.32. The lowest BCUT2D eigenvalue weighted by Gasteiger charge is -2.22. The Morgan fingerprint density at radius 1 is 1.69 bits per heavy atom. The number of aryl methyl sites for hydroxylation is 1. The monoisotopic (exact) mass is 240 g/mol. The molecule has 0 radical (unpaired) electrons. The summed E-state index contributed by atoms with van der Waals surface area (Å²) in [5.41, 5.74) is 1.22. The zero-order chi connectivity index (χ0) is 11.4. The molecule has 0 aliphatic carbocycles. The van der Waals surface area contributed by atoms with E-state index in [2.05, 4.69) is 29.5 Å². The van der Waals surface area contributed by atoms with Gasteiger partial charge in [0, 0.05) is 30.4 Å². The van der Waals surface area contributed by atoms with Crippen LogP contribution in [0.25, 0.3) is 0 Å². The van der Waals surface area contributed by atoms with Crippen LogP contribution in [0.15, 0.2) is 5.38 Å². The van der Waals surface area contributed by atoms with Gasteiger partial charge in [0.25, 0.3) is 0 Å². The van der Waals surface area contributed by atoms with Gasteiger partial charge in [-0.05, 0) is 19.9 Å². The number of hydrogen-bond acceptors (Lipinski definition) is 4. The number of thiazole rings is 1. The van der Waals surface area contributed by atoms with Crippen LogP contribution < -0.4 is 5.32 Å². The molecule has 0 amide bonds. The largest absolute Gasteiger partial charge is 0.381 e. The number of aromatic nitrogens is 1. The zero-order valence-electron chi connectivity index (χ0n) is 10.0. The summed E-state index contributed by atoms with van der Waals surface area (Å²) in [5.74, 6) is 0.655. The Hall–Kier alpha value is -0.450. The van der Waals surface area contributed by atoms with E-state index >= 15 is 0 Å². The van der Waals surface area contributed by atoms with E-state index in [1.54, 1.807) is 11.3 Å². The molecule has 1 fully saturated rings. The van der Waals surface area contributed by atoms with E-state index in [1.165, 1.54) is 12.1 Å². The number of likely N-dealkylation sites (N-methyl/N-ethyl adjacent to an activating group) is 1. The summed E-state index contributed by atoms with van der Waals surface area (Å²) < 4.78 is 5.47. The molecule has 90 valence electrons. The first-order valence-corrected chi connectivity index (χ1v) is 6.89. The molecule has 2 atom stereocenters. The summed E-state index contributed by atoms with van der Waals surface area (Å²) in [7, 11) is 0.